The van der Waals surface area contributed by atoms with Crippen LogP contribution in [0.25, 0.3) is 0 Å². The molecule has 0 saturated carbocycles. The molecule has 4 heteroatoms. The molecule has 0 amide bonds. The van der Waals surface area contributed by atoms with Gasteiger partial charge in [-0.1, -0.05) is 45.6 Å². The largest absolute Gasteiger partial charge is 0.154 e. The van der Waals surface area contributed by atoms with Crippen LogP contribution in [0, 0.1) is 0 Å². The summed E-state index contributed by atoms with van der Waals surface area (Å²) >= 11 is 18.1. The molecule has 0 nitrogen and oxygen atoms in total. The van der Waals surface area contributed by atoms with Gasteiger partial charge in [0.15, 0.2) is 4.07 Å². The molecule has 0 N–H and O–H groups in total. The van der Waals surface area contributed by atoms with Crippen molar-refractivity contribution in [1.82, 2.24) is 0 Å². The van der Waals surface area contributed by atoms with Crippen LogP contribution in [0.2, 0.25) is 0 Å². The van der Waals surface area contributed by atoms with Gasteiger partial charge in [-0.05, 0) is 13.8 Å². The molecular weight excluding hydrogens is 221 g/mol. The Hall–Kier alpha value is 1.04. The van der Waals surface area contributed by atoms with Crippen LogP contribution >= 0.6 is 41.7 Å². The molecule has 0 saturated heterocycles. The molecule has 1 unspecified atom stereocenters. The zero-order valence-corrected chi connectivity index (χ0v) is 9.66. The maximum absolute atomic E-state index is 6.04. The highest BCUT2D eigenvalue weighted by molar-refractivity contribution is 7.88. The van der Waals surface area contributed by atoms with E-state index in [2.05, 4.69) is 13.8 Å². The molecule has 0 aliphatic carbocycles. The van der Waals surface area contributed by atoms with Gasteiger partial charge in [0.05, 0.1) is 0 Å². The van der Waals surface area contributed by atoms with Crippen LogP contribution in [0.1, 0.15) is 20.3 Å². The minimum Gasteiger partial charge on any atom is -0.0948 e. The van der Waals surface area contributed by atoms with E-state index in [-0.39, 0.29) is 0 Å². The molecule has 1 rings (SSSR count). The molecule has 0 aromatic heterocycles. The zero-order valence-electron chi connectivity index (χ0n) is 6.50. The summed E-state index contributed by atoms with van der Waals surface area (Å²) in [4.78, 5) is 0. The molecule has 0 aromatic carbocycles. The average Bonchev–Trinajstić information content (AvgIpc) is 1.83. The molecule has 1 aliphatic rings. The summed E-state index contributed by atoms with van der Waals surface area (Å²) in [6, 6.07) is 0. The first kappa shape index (κ1) is 10.1. The lowest BCUT2D eigenvalue weighted by Crippen LogP contribution is -2.16. The van der Waals surface area contributed by atoms with Crippen LogP contribution in [-0.2, 0) is 0 Å². The van der Waals surface area contributed by atoms with Gasteiger partial charge in [0.25, 0.3) is 0 Å². The lowest BCUT2D eigenvalue weighted by molar-refractivity contribution is 0.945. The molecule has 0 radical (unpaired) electrons. The second kappa shape index (κ2) is 3.42. The summed E-state index contributed by atoms with van der Waals surface area (Å²) in [5, 5.41) is 0. The third kappa shape index (κ3) is 2.25. The first-order valence-corrected chi connectivity index (χ1v) is 6.59. The van der Waals surface area contributed by atoms with Crippen molar-refractivity contribution in [2.75, 3.05) is 6.16 Å². The highest BCUT2D eigenvalue weighted by atomic mass is 35.7. The number of rotatable bonds is 0. The molecule has 0 bridgehead atoms. The van der Waals surface area contributed by atoms with Crippen molar-refractivity contribution in [3.8, 4) is 0 Å². The lowest BCUT2D eigenvalue weighted by Gasteiger charge is -2.31. The van der Waals surface area contributed by atoms with Crippen molar-refractivity contribution in [3.05, 3.63) is 11.1 Å². The molecule has 0 fully saturated rings. The molecule has 1 heterocycles. The number of halogens is 3. The van der Waals surface area contributed by atoms with Crippen molar-refractivity contribution in [2.24, 2.45) is 0 Å². The van der Waals surface area contributed by atoms with Crippen LogP contribution in [0.15, 0.2) is 11.1 Å². The van der Waals surface area contributed by atoms with Gasteiger partial charge in [0, 0.05) is 19.9 Å². The molecule has 1 aliphatic heterocycles. The van der Waals surface area contributed by atoms with Crippen LogP contribution in [-0.4, -0.2) is 10.2 Å². The van der Waals surface area contributed by atoms with Crippen LogP contribution in [0.4, 0.5) is 0 Å². The van der Waals surface area contributed by atoms with E-state index in [0.29, 0.717) is 0 Å². The Morgan fingerprint density at radius 3 is 2.27 bits per heavy atom. The van der Waals surface area contributed by atoms with Crippen molar-refractivity contribution in [1.29, 1.82) is 0 Å². The maximum atomic E-state index is 6.04. The third-order valence-corrected chi connectivity index (χ3v) is 6.79. The van der Waals surface area contributed by atoms with E-state index in [1.807, 2.05) is 0 Å². The van der Waals surface area contributed by atoms with Gasteiger partial charge >= 0.3 is 0 Å². The van der Waals surface area contributed by atoms with Gasteiger partial charge in [0.1, 0.15) is 0 Å². The summed E-state index contributed by atoms with van der Waals surface area (Å²) in [5.74, 6) is 0. The van der Waals surface area contributed by atoms with Gasteiger partial charge in [-0.3, -0.25) is 0 Å². The topological polar surface area (TPSA) is 0 Å². The van der Waals surface area contributed by atoms with E-state index >= 15 is 0 Å². The normalized spacial score (nSPS) is 30.8. The minimum atomic E-state index is -0.756. The summed E-state index contributed by atoms with van der Waals surface area (Å²) in [7, 11) is -0.756. The predicted molar refractivity (Wildman–Crippen MR) is 55.1 cm³/mol. The van der Waals surface area contributed by atoms with E-state index in [9.17, 15) is 0 Å². The Morgan fingerprint density at radius 2 is 1.82 bits per heavy atom. The fourth-order valence-corrected chi connectivity index (χ4v) is 3.82. The molecular formula is C7H10Cl3P. The second-order valence-electron chi connectivity index (χ2n) is 2.92. The number of allylic oxidation sites excluding steroid dienone is 2. The fraction of sp³-hybridized carbons (Fsp3) is 0.714. The standard InChI is InChI=1S/C7H10Cl3P/c1-5-3-7(8,9)11(10)4-6(5)2/h3-4H2,1-2H3. The number of alkyl halides is 2. The van der Waals surface area contributed by atoms with Gasteiger partial charge in [0.2, 0.25) is 0 Å². The van der Waals surface area contributed by atoms with Gasteiger partial charge < -0.3 is 0 Å². The fourth-order valence-electron chi connectivity index (χ4n) is 1.01. The van der Waals surface area contributed by atoms with Gasteiger partial charge in [-0.25, -0.2) is 0 Å². The van der Waals surface area contributed by atoms with E-state index in [0.717, 1.165) is 12.6 Å². The number of hydrogen-bond donors (Lipinski definition) is 0. The highest BCUT2D eigenvalue weighted by Crippen LogP contribution is 2.65. The lowest BCUT2D eigenvalue weighted by atomic mass is 10.1. The van der Waals surface area contributed by atoms with Crippen LogP contribution in [0.5, 0.6) is 0 Å². The maximum Gasteiger partial charge on any atom is 0.154 e. The van der Waals surface area contributed by atoms with Crippen molar-refractivity contribution in [2.45, 2.75) is 24.3 Å². The predicted octanol–water partition coefficient (Wildman–Crippen LogP) is 4.49. The van der Waals surface area contributed by atoms with Crippen LogP contribution in [0.3, 0.4) is 0 Å². The van der Waals surface area contributed by atoms with Gasteiger partial charge in [-0.15, -0.1) is 0 Å². The Morgan fingerprint density at radius 1 is 1.27 bits per heavy atom. The molecule has 11 heavy (non-hydrogen) atoms. The SMILES string of the molecule is CC1=C(C)CC(Cl)(Cl)P(Cl)C1. The molecule has 0 aromatic rings. The Kier molecular flexibility index (Phi) is 3.15. The molecule has 64 valence electrons. The van der Waals surface area contributed by atoms with E-state index in [4.69, 9.17) is 34.4 Å². The molecule has 0 spiro atoms. The smallest absolute Gasteiger partial charge is 0.0948 e. The second-order valence-corrected chi connectivity index (χ2v) is 7.96. The van der Waals surface area contributed by atoms with E-state index < -0.39 is 11.3 Å². The number of hydrogen-bond acceptors (Lipinski definition) is 0. The Balaban J connectivity index is 2.84. The summed E-state index contributed by atoms with van der Waals surface area (Å²) in [6.45, 7) is 4.16. The average molecular weight is 231 g/mol. The van der Waals surface area contributed by atoms with Crippen molar-refractivity contribution in [3.63, 3.8) is 0 Å². The molecule has 1 atom stereocenters. The van der Waals surface area contributed by atoms with Crippen LogP contribution < -0.4 is 0 Å². The summed E-state index contributed by atoms with van der Waals surface area (Å²) < 4.78 is -0.694. The Labute approximate surface area is 83.4 Å². The quantitative estimate of drug-likeness (QED) is 0.327. The Bertz CT molecular complexity index is 198. The first-order chi connectivity index (χ1) is 4.93. The first-order valence-electron chi connectivity index (χ1n) is 3.40. The monoisotopic (exact) mass is 230 g/mol. The van der Waals surface area contributed by atoms with Crippen molar-refractivity contribution < 1.29 is 0 Å². The van der Waals surface area contributed by atoms with E-state index in [1.165, 1.54) is 11.1 Å². The zero-order chi connectivity index (χ0) is 8.65. The van der Waals surface area contributed by atoms with E-state index in [1.54, 1.807) is 0 Å². The third-order valence-electron chi connectivity index (χ3n) is 1.94. The minimum absolute atomic E-state index is 0.694. The highest BCUT2D eigenvalue weighted by Gasteiger charge is 2.37. The summed E-state index contributed by atoms with van der Waals surface area (Å²) in [6.07, 6.45) is 1.59. The van der Waals surface area contributed by atoms with Gasteiger partial charge in [-0.2, -0.15) is 0 Å². The van der Waals surface area contributed by atoms with Crippen molar-refractivity contribution >= 4 is 41.7 Å². The summed E-state index contributed by atoms with van der Waals surface area (Å²) in [5.41, 5.74) is 2.64.